The van der Waals surface area contributed by atoms with Crippen LogP contribution in [-0.4, -0.2) is 46.0 Å². The van der Waals surface area contributed by atoms with E-state index in [0.717, 1.165) is 17.0 Å². The van der Waals surface area contributed by atoms with Crippen molar-refractivity contribution < 1.29 is 32.3 Å². The number of hydrogen-bond donors (Lipinski definition) is 1. The number of nitrogens with zero attached hydrogens (tertiary/aromatic N) is 1. The minimum Gasteiger partial charge on any atom is -0.406 e. The minimum absolute atomic E-state index is 0.215. The van der Waals surface area contributed by atoms with E-state index < -0.39 is 46.9 Å². The summed E-state index contributed by atoms with van der Waals surface area (Å²) >= 11 is 1.22. The fourth-order valence-corrected chi connectivity index (χ4v) is 3.31. The Hall–Kier alpha value is -2.23. The first kappa shape index (κ1) is 19.1. The van der Waals surface area contributed by atoms with Gasteiger partial charge in [0.05, 0.1) is 10.5 Å². The van der Waals surface area contributed by atoms with Crippen molar-refractivity contribution in [2.45, 2.75) is 30.7 Å². The summed E-state index contributed by atoms with van der Waals surface area (Å²) in [6.45, 7) is 2.86. The molecule has 6 nitrogen and oxygen atoms in total. The van der Waals surface area contributed by atoms with Gasteiger partial charge in [-0.25, -0.2) is 0 Å². The maximum absolute atomic E-state index is 12.1. The lowest BCUT2D eigenvalue weighted by Crippen LogP contribution is -2.52. The fraction of sp³-hybridized carbons (Fsp3) is 0.400. The van der Waals surface area contributed by atoms with Gasteiger partial charge in [0.25, 0.3) is 0 Å². The predicted octanol–water partition coefficient (Wildman–Crippen LogP) is 2.40. The number of nitrogens with one attached hydrogen (secondary N) is 1. The lowest BCUT2D eigenvalue weighted by Gasteiger charge is -2.31. The zero-order valence-electron chi connectivity index (χ0n) is 13.3. The van der Waals surface area contributed by atoms with E-state index in [1.54, 1.807) is 13.8 Å². The van der Waals surface area contributed by atoms with Gasteiger partial charge in [0, 0.05) is 5.69 Å². The first-order valence-electron chi connectivity index (χ1n) is 7.23. The Balaban J connectivity index is 1.98. The molecule has 0 bridgehead atoms. The van der Waals surface area contributed by atoms with Crippen LogP contribution >= 0.6 is 11.8 Å². The van der Waals surface area contributed by atoms with Crippen LogP contribution in [0.25, 0.3) is 0 Å². The lowest BCUT2D eigenvalue weighted by molar-refractivity contribution is -0.274. The van der Waals surface area contributed by atoms with E-state index in [1.807, 2.05) is 0 Å². The Bertz CT molecular complexity index is 658. The summed E-state index contributed by atoms with van der Waals surface area (Å²) < 4.78 is 40.0. The molecule has 0 aliphatic carbocycles. The molecule has 3 amide bonds. The van der Waals surface area contributed by atoms with Gasteiger partial charge in [-0.1, -0.05) is 0 Å². The number of alkyl halides is 3. The highest BCUT2D eigenvalue weighted by molar-refractivity contribution is 8.02. The number of amides is 3. The average Bonchev–Trinajstić information content (AvgIpc) is 2.50. The number of benzene rings is 1. The molecule has 136 valence electrons. The van der Waals surface area contributed by atoms with Gasteiger partial charge in [0.1, 0.15) is 12.3 Å². The Morgan fingerprint density at radius 2 is 1.68 bits per heavy atom. The molecule has 0 spiro atoms. The van der Waals surface area contributed by atoms with Crippen LogP contribution in [0, 0.1) is 0 Å². The minimum atomic E-state index is -4.80. The topological polar surface area (TPSA) is 75.7 Å². The Labute approximate surface area is 145 Å². The Morgan fingerprint density at radius 1 is 1.16 bits per heavy atom. The molecule has 0 unspecified atom stereocenters. The molecule has 1 aromatic carbocycles. The fourth-order valence-electron chi connectivity index (χ4n) is 2.21. The molecule has 1 N–H and O–H groups in total. The molecule has 1 heterocycles. The summed E-state index contributed by atoms with van der Waals surface area (Å²) in [6.07, 6.45) is -4.80. The first-order valence-corrected chi connectivity index (χ1v) is 8.17. The molecule has 2 rings (SSSR count). The normalized spacial score (nSPS) is 21.2. The summed E-state index contributed by atoms with van der Waals surface area (Å²) in [4.78, 5) is 37.0. The second-order valence-electron chi connectivity index (χ2n) is 5.30. The number of halogens is 3. The van der Waals surface area contributed by atoms with Gasteiger partial charge in [0.2, 0.25) is 17.7 Å². The van der Waals surface area contributed by atoms with E-state index in [-0.39, 0.29) is 5.69 Å². The van der Waals surface area contributed by atoms with E-state index in [4.69, 9.17) is 0 Å². The molecule has 0 aromatic heterocycles. The van der Waals surface area contributed by atoms with Crippen molar-refractivity contribution in [1.29, 1.82) is 0 Å². The maximum Gasteiger partial charge on any atom is 0.573 e. The third kappa shape index (κ3) is 5.12. The van der Waals surface area contributed by atoms with Gasteiger partial charge in [-0.3, -0.25) is 19.3 Å². The Kier molecular flexibility index (Phi) is 5.61. The molecule has 0 radical (unpaired) electrons. The summed E-state index contributed by atoms with van der Waals surface area (Å²) in [6, 6.07) is 4.53. The van der Waals surface area contributed by atoms with E-state index >= 15 is 0 Å². The van der Waals surface area contributed by atoms with Crippen LogP contribution in [0.15, 0.2) is 24.3 Å². The van der Waals surface area contributed by atoms with Crippen LogP contribution in [0.3, 0.4) is 0 Å². The number of carbonyl (C=O) groups excluding carboxylic acids is 3. The standard InChI is InChI=1S/C15H15F3N2O4S/c1-8-13(22)20(14(23)9(2)25-8)7-12(21)19-10-3-5-11(6-4-10)24-15(16,17)18/h3-6,8-9H,7H2,1-2H3,(H,19,21)/t8-,9+. The van der Waals surface area contributed by atoms with Gasteiger partial charge in [-0.2, -0.15) is 0 Å². The summed E-state index contributed by atoms with van der Waals surface area (Å²) in [5.74, 6) is -1.95. The summed E-state index contributed by atoms with van der Waals surface area (Å²) in [5.41, 5.74) is 0.215. The van der Waals surface area contributed by atoms with Crippen molar-refractivity contribution in [3.05, 3.63) is 24.3 Å². The van der Waals surface area contributed by atoms with Crippen LogP contribution in [0.2, 0.25) is 0 Å². The molecule has 1 aliphatic heterocycles. The van der Waals surface area contributed by atoms with Crippen molar-refractivity contribution in [3.63, 3.8) is 0 Å². The molecule has 1 saturated heterocycles. The van der Waals surface area contributed by atoms with Gasteiger partial charge in [-0.05, 0) is 38.1 Å². The lowest BCUT2D eigenvalue weighted by atomic mass is 10.2. The molecule has 10 heteroatoms. The third-order valence-corrected chi connectivity index (χ3v) is 4.53. The number of ether oxygens (including phenoxy) is 1. The number of hydrogen-bond acceptors (Lipinski definition) is 5. The van der Waals surface area contributed by atoms with Crippen LogP contribution in [0.1, 0.15) is 13.8 Å². The van der Waals surface area contributed by atoms with Gasteiger partial charge >= 0.3 is 6.36 Å². The highest BCUT2D eigenvalue weighted by Gasteiger charge is 2.38. The highest BCUT2D eigenvalue weighted by atomic mass is 32.2. The molecule has 1 aromatic rings. The van der Waals surface area contributed by atoms with Crippen LogP contribution in [-0.2, 0) is 14.4 Å². The number of rotatable bonds is 4. The average molecular weight is 376 g/mol. The number of anilines is 1. The second kappa shape index (κ2) is 7.34. The molecular formula is C15H15F3N2O4S. The monoisotopic (exact) mass is 376 g/mol. The smallest absolute Gasteiger partial charge is 0.406 e. The molecule has 2 atom stereocenters. The zero-order chi connectivity index (χ0) is 18.8. The van der Waals surface area contributed by atoms with Gasteiger partial charge < -0.3 is 10.1 Å². The largest absolute Gasteiger partial charge is 0.573 e. The van der Waals surface area contributed by atoms with Gasteiger partial charge in [0.15, 0.2) is 0 Å². The van der Waals surface area contributed by atoms with Crippen molar-refractivity contribution in [2.24, 2.45) is 0 Å². The van der Waals surface area contributed by atoms with E-state index in [2.05, 4.69) is 10.1 Å². The third-order valence-electron chi connectivity index (χ3n) is 3.31. The molecule has 1 fully saturated rings. The number of thioether (sulfide) groups is 1. The number of carbonyl (C=O) groups is 3. The van der Waals surface area contributed by atoms with Crippen LogP contribution in [0.4, 0.5) is 18.9 Å². The van der Waals surface area contributed by atoms with E-state index in [9.17, 15) is 27.6 Å². The van der Waals surface area contributed by atoms with E-state index in [1.165, 1.54) is 23.9 Å². The van der Waals surface area contributed by atoms with Gasteiger partial charge in [-0.15, -0.1) is 24.9 Å². The maximum atomic E-state index is 12.1. The molecule has 1 aliphatic rings. The quantitative estimate of drug-likeness (QED) is 0.817. The summed E-state index contributed by atoms with van der Waals surface area (Å²) in [5, 5.41) is 1.56. The molecule has 0 saturated carbocycles. The van der Waals surface area contributed by atoms with Crippen molar-refractivity contribution in [3.8, 4) is 5.75 Å². The molecule has 25 heavy (non-hydrogen) atoms. The SMILES string of the molecule is C[C@@H]1S[C@H](C)C(=O)N(CC(=O)Nc2ccc(OC(F)(F)F)cc2)C1=O. The van der Waals surface area contributed by atoms with E-state index in [0.29, 0.717) is 0 Å². The van der Waals surface area contributed by atoms with Crippen LogP contribution in [0.5, 0.6) is 5.75 Å². The van der Waals surface area contributed by atoms with Crippen LogP contribution < -0.4 is 10.1 Å². The van der Waals surface area contributed by atoms with Crippen molar-refractivity contribution >= 4 is 35.2 Å². The predicted molar refractivity (Wildman–Crippen MR) is 85.0 cm³/mol. The number of imide groups is 1. The molecular weight excluding hydrogens is 361 g/mol. The highest BCUT2D eigenvalue weighted by Crippen LogP contribution is 2.27. The first-order chi connectivity index (χ1) is 11.6. The second-order valence-corrected chi connectivity index (χ2v) is 6.99. The van der Waals surface area contributed by atoms with Crippen molar-refractivity contribution in [1.82, 2.24) is 4.90 Å². The Morgan fingerprint density at radius 3 is 2.16 bits per heavy atom. The summed E-state index contributed by atoms with van der Waals surface area (Å²) in [7, 11) is 0. The zero-order valence-corrected chi connectivity index (χ0v) is 14.1. The van der Waals surface area contributed by atoms with Crippen molar-refractivity contribution in [2.75, 3.05) is 11.9 Å².